The van der Waals surface area contributed by atoms with Gasteiger partial charge in [-0.15, -0.1) is 0 Å². The van der Waals surface area contributed by atoms with Gasteiger partial charge in [0.1, 0.15) is 23.8 Å². The number of likely N-dealkylation sites (tertiary alicyclic amines) is 1. The number of nitrogens with zero attached hydrogens (tertiary/aromatic N) is 4. The molecule has 2 aromatic rings. The number of ether oxygens (including phenoxy) is 3. The van der Waals surface area contributed by atoms with Gasteiger partial charge >= 0.3 is 6.09 Å². The van der Waals surface area contributed by atoms with Gasteiger partial charge in [-0.2, -0.15) is 5.26 Å². The van der Waals surface area contributed by atoms with Crippen LogP contribution in [0.25, 0.3) is 0 Å². The Bertz CT molecular complexity index is 1100. The summed E-state index contributed by atoms with van der Waals surface area (Å²) in [6.45, 7) is 8.62. The first-order valence-corrected chi connectivity index (χ1v) is 11.3. The fourth-order valence-electron chi connectivity index (χ4n) is 3.98. The monoisotopic (exact) mass is 470 g/mol. The van der Waals surface area contributed by atoms with Gasteiger partial charge in [0.25, 0.3) is 0 Å². The quantitative estimate of drug-likeness (QED) is 0.600. The number of halogens is 1. The van der Waals surface area contributed by atoms with Crippen molar-refractivity contribution in [3.63, 3.8) is 0 Å². The van der Waals surface area contributed by atoms with Crippen molar-refractivity contribution in [2.75, 3.05) is 13.1 Å². The van der Waals surface area contributed by atoms with Crippen molar-refractivity contribution in [3.8, 4) is 23.6 Å². The van der Waals surface area contributed by atoms with E-state index in [1.54, 1.807) is 23.1 Å². The molecule has 1 aromatic carbocycles. The van der Waals surface area contributed by atoms with Gasteiger partial charge in [-0.25, -0.2) is 14.8 Å². The highest BCUT2D eigenvalue weighted by atomic mass is 35.5. The lowest BCUT2D eigenvalue weighted by Gasteiger charge is -2.39. The van der Waals surface area contributed by atoms with Crippen molar-refractivity contribution in [2.45, 2.75) is 58.7 Å². The fraction of sp³-hybridized carbons (Fsp3) is 0.500. The first-order chi connectivity index (χ1) is 15.6. The summed E-state index contributed by atoms with van der Waals surface area (Å²) in [5, 5.41) is 9.33. The Morgan fingerprint density at radius 3 is 2.64 bits per heavy atom. The summed E-state index contributed by atoms with van der Waals surface area (Å²) in [5.41, 5.74) is 0.504. The van der Waals surface area contributed by atoms with Crippen molar-refractivity contribution in [3.05, 3.63) is 40.7 Å². The molecular weight excluding hydrogens is 444 g/mol. The second-order valence-corrected chi connectivity index (χ2v) is 10.0. The zero-order chi connectivity index (χ0) is 23.8. The number of hydrogen-bond donors (Lipinski definition) is 0. The summed E-state index contributed by atoms with van der Waals surface area (Å²) in [6, 6.07) is 6.85. The molecule has 1 atom stereocenters. The molecule has 1 aliphatic heterocycles. The highest BCUT2D eigenvalue weighted by Gasteiger charge is 2.55. The van der Waals surface area contributed by atoms with Crippen LogP contribution in [0.5, 0.6) is 17.5 Å². The van der Waals surface area contributed by atoms with Crippen LogP contribution in [0.15, 0.2) is 24.5 Å². The largest absolute Gasteiger partial charge is 0.473 e. The molecule has 2 heterocycles. The third-order valence-corrected chi connectivity index (χ3v) is 6.20. The van der Waals surface area contributed by atoms with Crippen LogP contribution in [0.4, 0.5) is 4.79 Å². The first kappa shape index (κ1) is 23.1. The van der Waals surface area contributed by atoms with Gasteiger partial charge in [0.15, 0.2) is 0 Å². The van der Waals surface area contributed by atoms with E-state index in [4.69, 9.17) is 31.1 Å². The van der Waals surface area contributed by atoms with Gasteiger partial charge in [-0.05, 0) is 58.7 Å². The maximum atomic E-state index is 12.5. The van der Waals surface area contributed by atoms with Gasteiger partial charge in [-0.1, -0.05) is 11.6 Å². The second kappa shape index (κ2) is 8.71. The van der Waals surface area contributed by atoms with Crippen LogP contribution < -0.4 is 9.47 Å². The Balaban J connectivity index is 1.46. The van der Waals surface area contributed by atoms with Crippen molar-refractivity contribution in [2.24, 2.45) is 5.41 Å². The molecule has 1 aromatic heterocycles. The second-order valence-electron chi connectivity index (χ2n) is 9.63. The number of piperidine rings is 1. The Morgan fingerprint density at radius 1 is 1.27 bits per heavy atom. The standard InChI is InChI=1S/C24H27ClN4O4/c1-15-20(31-18-6-5-16(12-26)11-17(18)25)27-14-28-21(15)32-19-7-10-29(13-24(19)8-9-24)22(30)33-23(2,3)4/h5-6,11,14,19H,7-10,13H2,1-4H3. The van der Waals surface area contributed by atoms with Crippen molar-refractivity contribution in [1.29, 1.82) is 5.26 Å². The lowest BCUT2D eigenvalue weighted by Crippen LogP contribution is -2.50. The van der Waals surface area contributed by atoms with E-state index in [1.165, 1.54) is 6.33 Å². The third-order valence-electron chi connectivity index (χ3n) is 5.91. The molecule has 2 fully saturated rings. The van der Waals surface area contributed by atoms with Gasteiger partial charge < -0.3 is 19.1 Å². The normalized spacial score (nSPS) is 19.0. The van der Waals surface area contributed by atoms with E-state index in [2.05, 4.69) is 9.97 Å². The molecular formula is C24H27ClN4O4. The van der Waals surface area contributed by atoms with Crippen LogP contribution in [0.3, 0.4) is 0 Å². The lowest BCUT2D eigenvalue weighted by molar-refractivity contribution is -0.00975. The zero-order valence-corrected chi connectivity index (χ0v) is 20.0. The number of aromatic nitrogens is 2. The molecule has 33 heavy (non-hydrogen) atoms. The maximum Gasteiger partial charge on any atom is 0.410 e. The third kappa shape index (κ3) is 5.14. The summed E-state index contributed by atoms with van der Waals surface area (Å²) in [5.74, 6) is 1.18. The molecule has 4 rings (SSSR count). The molecule has 174 valence electrons. The highest BCUT2D eigenvalue weighted by Crippen LogP contribution is 2.53. The van der Waals surface area contributed by atoms with E-state index < -0.39 is 5.60 Å². The van der Waals surface area contributed by atoms with E-state index in [9.17, 15) is 4.79 Å². The Morgan fingerprint density at radius 2 is 2.00 bits per heavy atom. The maximum absolute atomic E-state index is 12.5. The van der Waals surface area contributed by atoms with Crippen LogP contribution in [0.2, 0.25) is 5.02 Å². The molecule has 1 amide bonds. The Labute approximate surface area is 198 Å². The molecule has 0 N–H and O–H groups in total. The summed E-state index contributed by atoms with van der Waals surface area (Å²) < 4.78 is 17.8. The number of hydrogen-bond acceptors (Lipinski definition) is 7. The first-order valence-electron chi connectivity index (χ1n) is 10.9. The van der Waals surface area contributed by atoms with Crippen LogP contribution in [0, 0.1) is 23.7 Å². The Kier molecular flexibility index (Phi) is 6.10. The predicted octanol–water partition coefficient (Wildman–Crippen LogP) is 5.27. The molecule has 1 spiro atoms. The highest BCUT2D eigenvalue weighted by molar-refractivity contribution is 6.32. The average Bonchev–Trinajstić information content (AvgIpc) is 3.52. The van der Waals surface area contributed by atoms with E-state index in [0.717, 1.165) is 12.8 Å². The fourth-order valence-corrected chi connectivity index (χ4v) is 4.20. The van der Waals surface area contributed by atoms with E-state index in [0.29, 0.717) is 53.2 Å². The van der Waals surface area contributed by atoms with Gasteiger partial charge in [0.2, 0.25) is 11.8 Å². The summed E-state index contributed by atoms with van der Waals surface area (Å²) in [7, 11) is 0. The van der Waals surface area contributed by atoms with Crippen LogP contribution in [0.1, 0.15) is 51.2 Å². The van der Waals surface area contributed by atoms with E-state index >= 15 is 0 Å². The number of amides is 1. The summed E-state index contributed by atoms with van der Waals surface area (Å²) in [6.07, 6.45) is 3.73. The van der Waals surface area contributed by atoms with Crippen LogP contribution in [-0.4, -0.2) is 45.8 Å². The molecule has 8 nitrogen and oxygen atoms in total. The van der Waals surface area contributed by atoms with Crippen molar-refractivity contribution < 1.29 is 19.0 Å². The smallest absolute Gasteiger partial charge is 0.410 e. The van der Waals surface area contributed by atoms with Crippen LogP contribution in [-0.2, 0) is 4.74 Å². The zero-order valence-electron chi connectivity index (χ0n) is 19.2. The molecule has 1 aliphatic carbocycles. The van der Waals surface area contributed by atoms with E-state index in [1.807, 2.05) is 33.8 Å². The minimum atomic E-state index is -0.520. The number of nitriles is 1. The number of carbonyl (C=O) groups excluding carboxylic acids is 1. The lowest BCUT2D eigenvalue weighted by atomic mass is 9.91. The number of carbonyl (C=O) groups is 1. The molecule has 2 aliphatic rings. The van der Waals surface area contributed by atoms with Crippen molar-refractivity contribution >= 4 is 17.7 Å². The number of benzene rings is 1. The van der Waals surface area contributed by atoms with Gasteiger partial charge in [-0.3, -0.25) is 0 Å². The predicted molar refractivity (Wildman–Crippen MR) is 122 cm³/mol. The molecule has 0 radical (unpaired) electrons. The van der Waals surface area contributed by atoms with E-state index in [-0.39, 0.29) is 17.6 Å². The molecule has 1 saturated heterocycles. The molecule has 1 saturated carbocycles. The van der Waals surface area contributed by atoms with Gasteiger partial charge in [0, 0.05) is 24.9 Å². The molecule has 1 unspecified atom stereocenters. The molecule has 9 heteroatoms. The average molecular weight is 471 g/mol. The minimum Gasteiger partial charge on any atom is -0.473 e. The van der Waals surface area contributed by atoms with Crippen LogP contribution >= 0.6 is 11.6 Å². The summed E-state index contributed by atoms with van der Waals surface area (Å²) >= 11 is 6.24. The summed E-state index contributed by atoms with van der Waals surface area (Å²) in [4.78, 5) is 22.9. The minimum absolute atomic E-state index is 0.0591. The van der Waals surface area contributed by atoms with Crippen molar-refractivity contribution in [1.82, 2.24) is 14.9 Å². The number of rotatable bonds is 4. The SMILES string of the molecule is Cc1c(Oc2ccc(C#N)cc2Cl)ncnc1OC1CCN(C(=O)OC(C)(C)C)CC12CC2. The van der Waals surface area contributed by atoms with Gasteiger partial charge in [0.05, 0.1) is 22.2 Å². The Hall–Kier alpha value is -3.05. The topological polar surface area (TPSA) is 97.6 Å². The molecule has 0 bridgehead atoms.